The topological polar surface area (TPSA) is 38.3 Å². The van der Waals surface area contributed by atoms with Crippen molar-refractivity contribution in [2.75, 3.05) is 5.32 Å². The number of rotatable bonds is 1. The summed E-state index contributed by atoms with van der Waals surface area (Å²) >= 11 is 1.74. The van der Waals surface area contributed by atoms with Crippen LogP contribution in [0.3, 0.4) is 0 Å². The van der Waals surface area contributed by atoms with Gasteiger partial charge in [0.05, 0.1) is 5.69 Å². The number of amides is 1. The number of carbonyl (C=O) groups is 1. The maximum absolute atomic E-state index is 11.9. The number of carbonyl (C=O) groups excluding carboxylic acids is 1. The lowest BCUT2D eigenvalue weighted by Crippen LogP contribution is -2.29. The molecular formula is C15H23NO2S. The molecule has 106 valence electrons. The van der Waals surface area contributed by atoms with Crippen LogP contribution in [0.25, 0.3) is 0 Å². The monoisotopic (exact) mass is 281 g/mol. The molecule has 0 atom stereocenters. The highest BCUT2D eigenvalue weighted by atomic mass is 32.1. The molecule has 1 amide bonds. The zero-order valence-corrected chi connectivity index (χ0v) is 13.2. The number of thiophene rings is 1. The Bertz CT molecular complexity index is 483. The Morgan fingerprint density at radius 1 is 1.42 bits per heavy atom. The van der Waals surface area contributed by atoms with Crippen molar-refractivity contribution in [3.63, 3.8) is 0 Å². The molecule has 4 heteroatoms. The second-order valence-electron chi connectivity index (χ2n) is 6.81. The fraction of sp³-hybridized carbons (Fsp3) is 0.667. The summed E-state index contributed by atoms with van der Waals surface area (Å²) in [6, 6.07) is 0. The second kappa shape index (κ2) is 4.82. The Morgan fingerprint density at radius 2 is 2.11 bits per heavy atom. The lowest BCUT2D eigenvalue weighted by molar-refractivity contribution is 0.0636. The molecule has 0 spiro atoms. The van der Waals surface area contributed by atoms with Gasteiger partial charge in [-0.15, -0.1) is 11.3 Å². The second-order valence-corrected chi connectivity index (χ2v) is 7.78. The van der Waals surface area contributed by atoms with Crippen LogP contribution in [0.1, 0.15) is 57.9 Å². The van der Waals surface area contributed by atoms with Gasteiger partial charge in [-0.1, -0.05) is 13.8 Å². The van der Waals surface area contributed by atoms with E-state index in [0.29, 0.717) is 0 Å². The molecule has 0 bridgehead atoms. The van der Waals surface area contributed by atoms with Crippen molar-refractivity contribution in [3.05, 3.63) is 15.8 Å². The number of fused-ring (bicyclic) bond motifs is 1. The third kappa shape index (κ3) is 3.30. The summed E-state index contributed by atoms with van der Waals surface area (Å²) in [5, 5.41) is 4.95. The molecule has 1 heterocycles. The zero-order valence-electron chi connectivity index (χ0n) is 12.4. The van der Waals surface area contributed by atoms with E-state index in [1.54, 1.807) is 11.3 Å². The van der Waals surface area contributed by atoms with Gasteiger partial charge in [0.15, 0.2) is 0 Å². The normalized spacial score (nSPS) is 17.7. The van der Waals surface area contributed by atoms with Crippen LogP contribution in [0.4, 0.5) is 10.5 Å². The van der Waals surface area contributed by atoms with Crippen molar-refractivity contribution >= 4 is 23.1 Å². The molecule has 0 radical (unpaired) electrons. The molecule has 19 heavy (non-hydrogen) atoms. The Kier molecular flexibility index (Phi) is 3.65. The van der Waals surface area contributed by atoms with Crippen molar-refractivity contribution in [2.24, 2.45) is 0 Å². The van der Waals surface area contributed by atoms with Crippen molar-refractivity contribution < 1.29 is 9.53 Å². The van der Waals surface area contributed by atoms with Gasteiger partial charge in [-0.3, -0.25) is 5.32 Å². The highest BCUT2D eigenvalue weighted by molar-refractivity contribution is 7.10. The van der Waals surface area contributed by atoms with E-state index in [-0.39, 0.29) is 11.5 Å². The summed E-state index contributed by atoms with van der Waals surface area (Å²) in [6.45, 7) is 10.1. The van der Waals surface area contributed by atoms with Crippen LogP contribution in [-0.4, -0.2) is 11.7 Å². The van der Waals surface area contributed by atoms with Crippen molar-refractivity contribution in [1.29, 1.82) is 0 Å². The van der Waals surface area contributed by atoms with E-state index in [9.17, 15) is 4.79 Å². The fourth-order valence-corrected chi connectivity index (χ4v) is 3.85. The predicted molar refractivity (Wildman–Crippen MR) is 80.1 cm³/mol. The molecular weight excluding hydrogens is 258 g/mol. The number of nitrogens with one attached hydrogen (secondary N) is 1. The van der Waals surface area contributed by atoms with E-state index in [1.807, 2.05) is 26.2 Å². The summed E-state index contributed by atoms with van der Waals surface area (Å²) in [7, 11) is 0. The Morgan fingerprint density at radius 3 is 2.74 bits per heavy atom. The minimum absolute atomic E-state index is 0.137. The number of ether oxygens (including phenoxy) is 1. The van der Waals surface area contributed by atoms with Gasteiger partial charge < -0.3 is 4.74 Å². The number of hydrogen-bond acceptors (Lipinski definition) is 3. The van der Waals surface area contributed by atoms with Gasteiger partial charge in [0.1, 0.15) is 5.60 Å². The first-order chi connectivity index (χ1) is 8.69. The summed E-state index contributed by atoms with van der Waals surface area (Å²) in [5.41, 5.74) is 1.90. The fourth-order valence-electron chi connectivity index (χ4n) is 2.65. The standard InChI is InChI=1S/C15H23NO2S/c1-14(2,3)18-13(17)16-10-9-19-11-7-6-8-15(4,5)12(10)11/h9H,6-8H2,1-5H3,(H,16,17). The van der Waals surface area contributed by atoms with E-state index in [4.69, 9.17) is 4.74 Å². The maximum atomic E-state index is 11.9. The minimum atomic E-state index is -0.463. The molecule has 0 aliphatic heterocycles. The first kappa shape index (κ1) is 14.4. The number of aryl methyl sites for hydroxylation is 1. The van der Waals surface area contributed by atoms with E-state index < -0.39 is 5.60 Å². The molecule has 0 fully saturated rings. The van der Waals surface area contributed by atoms with Gasteiger partial charge in [0.25, 0.3) is 0 Å². The Hall–Kier alpha value is -1.03. The predicted octanol–water partition coefficient (Wildman–Crippen LogP) is 4.71. The average Bonchev–Trinajstić information content (AvgIpc) is 2.59. The molecule has 0 saturated heterocycles. The van der Waals surface area contributed by atoms with Crippen LogP contribution in [0.5, 0.6) is 0 Å². The van der Waals surface area contributed by atoms with Crippen LogP contribution in [-0.2, 0) is 16.6 Å². The van der Waals surface area contributed by atoms with E-state index >= 15 is 0 Å². The molecule has 0 saturated carbocycles. The van der Waals surface area contributed by atoms with Crippen LogP contribution in [0.2, 0.25) is 0 Å². The molecule has 1 N–H and O–H groups in total. The first-order valence-corrected chi connectivity index (χ1v) is 7.68. The largest absolute Gasteiger partial charge is 0.444 e. The van der Waals surface area contributed by atoms with Gasteiger partial charge in [0, 0.05) is 10.3 Å². The maximum Gasteiger partial charge on any atom is 0.412 e. The first-order valence-electron chi connectivity index (χ1n) is 6.80. The average molecular weight is 281 g/mol. The van der Waals surface area contributed by atoms with E-state index in [0.717, 1.165) is 12.1 Å². The lowest BCUT2D eigenvalue weighted by atomic mass is 9.75. The molecule has 0 aromatic carbocycles. The summed E-state index contributed by atoms with van der Waals surface area (Å²) in [6.07, 6.45) is 3.15. The molecule has 3 nitrogen and oxygen atoms in total. The molecule has 1 aromatic heterocycles. The molecule has 0 unspecified atom stereocenters. The van der Waals surface area contributed by atoms with Gasteiger partial charge in [-0.2, -0.15) is 0 Å². The Balaban J connectivity index is 2.19. The lowest BCUT2D eigenvalue weighted by Gasteiger charge is -2.31. The zero-order chi connectivity index (χ0) is 14.3. The summed E-state index contributed by atoms with van der Waals surface area (Å²) in [4.78, 5) is 13.3. The van der Waals surface area contributed by atoms with Gasteiger partial charge >= 0.3 is 6.09 Å². The van der Waals surface area contributed by atoms with E-state index in [1.165, 1.54) is 23.3 Å². The van der Waals surface area contributed by atoms with Crippen LogP contribution in [0, 0.1) is 0 Å². The minimum Gasteiger partial charge on any atom is -0.444 e. The van der Waals surface area contributed by atoms with Gasteiger partial charge in [-0.05, 0) is 51.0 Å². The number of hydrogen-bond donors (Lipinski definition) is 1. The Labute approximate surface area is 119 Å². The molecule has 1 aliphatic rings. The van der Waals surface area contributed by atoms with Gasteiger partial charge in [-0.25, -0.2) is 4.79 Å². The van der Waals surface area contributed by atoms with Crippen molar-refractivity contribution in [3.8, 4) is 0 Å². The summed E-state index contributed by atoms with van der Waals surface area (Å²) < 4.78 is 5.32. The smallest absolute Gasteiger partial charge is 0.412 e. The molecule has 1 aliphatic carbocycles. The highest BCUT2D eigenvalue weighted by Gasteiger charge is 2.32. The van der Waals surface area contributed by atoms with E-state index in [2.05, 4.69) is 19.2 Å². The quantitative estimate of drug-likeness (QED) is 0.809. The molecule has 2 rings (SSSR count). The van der Waals surface area contributed by atoms with Crippen LogP contribution >= 0.6 is 11.3 Å². The third-order valence-electron chi connectivity index (χ3n) is 3.39. The highest BCUT2D eigenvalue weighted by Crippen LogP contribution is 2.44. The van der Waals surface area contributed by atoms with Crippen molar-refractivity contribution in [1.82, 2.24) is 0 Å². The number of anilines is 1. The van der Waals surface area contributed by atoms with Crippen LogP contribution in [0.15, 0.2) is 5.38 Å². The van der Waals surface area contributed by atoms with Crippen molar-refractivity contribution in [2.45, 2.75) is 64.9 Å². The molecule has 1 aromatic rings. The third-order valence-corrected chi connectivity index (χ3v) is 4.43. The van der Waals surface area contributed by atoms with Crippen LogP contribution < -0.4 is 5.32 Å². The summed E-state index contributed by atoms with van der Waals surface area (Å²) in [5.74, 6) is 0. The SMILES string of the molecule is CC(C)(C)OC(=O)Nc1csc2c1C(C)(C)CCC2. The van der Waals surface area contributed by atoms with Gasteiger partial charge in [0.2, 0.25) is 0 Å².